The number of anilines is 1. The summed E-state index contributed by atoms with van der Waals surface area (Å²) in [5.41, 5.74) is 0.759. The van der Waals surface area contributed by atoms with Crippen LogP contribution in [0.4, 0.5) is 10.1 Å². The Kier molecular flexibility index (Phi) is 11.0. The molecular weight excluding hydrogens is 576 g/mol. The molecule has 3 aromatic carbocycles. The van der Waals surface area contributed by atoms with E-state index in [1.54, 1.807) is 19.1 Å². The monoisotopic (exact) mass is 607 g/mol. The molecule has 40 heavy (non-hydrogen) atoms. The van der Waals surface area contributed by atoms with Crippen molar-refractivity contribution in [2.75, 3.05) is 17.4 Å². The molecule has 0 aliphatic heterocycles. The SMILES string of the molecule is CC[C@H](C(=O)NCC(C)C)N(Cc1ccc(F)cc1)C(=O)CN(c1cccc(Cl)c1)S(=O)(=O)c1ccc(Cl)cc1. The molecular formula is C29H32Cl2FN3O4S. The van der Waals surface area contributed by atoms with Crippen LogP contribution < -0.4 is 9.62 Å². The molecule has 0 aromatic heterocycles. The van der Waals surface area contributed by atoms with E-state index < -0.39 is 34.3 Å². The van der Waals surface area contributed by atoms with E-state index in [9.17, 15) is 22.4 Å². The standard InChI is InChI=1S/C29H32Cl2FN3O4S/c1-4-27(29(37)33-17-20(2)3)34(18-21-8-12-24(32)13-9-21)28(36)19-35(25-7-5-6-23(31)16-25)40(38,39)26-14-10-22(30)11-15-26/h5-16,20,27H,4,17-19H2,1-3H3,(H,33,37)/t27-/m1/s1. The summed E-state index contributed by atoms with van der Waals surface area (Å²) >= 11 is 12.2. The summed E-state index contributed by atoms with van der Waals surface area (Å²) in [6.07, 6.45) is 0.276. The zero-order chi connectivity index (χ0) is 29.4. The molecule has 0 aliphatic carbocycles. The first-order valence-electron chi connectivity index (χ1n) is 12.8. The number of rotatable bonds is 12. The van der Waals surface area contributed by atoms with Gasteiger partial charge in [0.25, 0.3) is 10.0 Å². The summed E-state index contributed by atoms with van der Waals surface area (Å²) in [5, 5.41) is 3.50. The number of carbonyl (C=O) groups excluding carboxylic acids is 2. The number of carbonyl (C=O) groups is 2. The van der Waals surface area contributed by atoms with Gasteiger partial charge < -0.3 is 10.2 Å². The number of sulfonamides is 1. The molecule has 7 nitrogen and oxygen atoms in total. The minimum Gasteiger partial charge on any atom is -0.354 e. The Morgan fingerprint density at radius 2 is 1.60 bits per heavy atom. The third kappa shape index (κ3) is 8.19. The quantitative estimate of drug-likeness (QED) is 0.277. The molecule has 0 radical (unpaired) electrons. The van der Waals surface area contributed by atoms with E-state index in [0.717, 1.165) is 4.31 Å². The summed E-state index contributed by atoms with van der Waals surface area (Å²) in [6.45, 7) is 5.44. The predicted octanol–water partition coefficient (Wildman–Crippen LogP) is 5.91. The van der Waals surface area contributed by atoms with Crippen LogP contribution in [0.2, 0.25) is 10.0 Å². The molecule has 0 aliphatic rings. The lowest BCUT2D eigenvalue weighted by atomic mass is 10.1. The fraction of sp³-hybridized carbons (Fsp3) is 0.310. The van der Waals surface area contributed by atoms with Crippen LogP contribution in [-0.2, 0) is 26.2 Å². The van der Waals surface area contributed by atoms with Crippen LogP contribution in [-0.4, -0.2) is 44.3 Å². The van der Waals surface area contributed by atoms with Crippen molar-refractivity contribution in [1.29, 1.82) is 0 Å². The average molecular weight is 609 g/mol. The molecule has 0 saturated heterocycles. The molecule has 3 aromatic rings. The summed E-state index contributed by atoms with van der Waals surface area (Å²) < 4.78 is 42.2. The number of amides is 2. The van der Waals surface area contributed by atoms with Gasteiger partial charge >= 0.3 is 0 Å². The Labute approximate surface area is 244 Å². The maximum atomic E-state index is 14.0. The highest BCUT2D eigenvalue weighted by Gasteiger charge is 2.33. The highest BCUT2D eigenvalue weighted by Crippen LogP contribution is 2.27. The van der Waals surface area contributed by atoms with Gasteiger partial charge in [-0.25, -0.2) is 12.8 Å². The van der Waals surface area contributed by atoms with Gasteiger partial charge in [0.05, 0.1) is 10.6 Å². The van der Waals surface area contributed by atoms with E-state index in [0.29, 0.717) is 17.1 Å². The molecule has 214 valence electrons. The van der Waals surface area contributed by atoms with E-state index in [4.69, 9.17) is 23.2 Å². The van der Waals surface area contributed by atoms with Crippen LogP contribution in [0, 0.1) is 11.7 Å². The van der Waals surface area contributed by atoms with E-state index in [2.05, 4.69) is 5.32 Å². The molecule has 1 atom stereocenters. The molecule has 0 heterocycles. The average Bonchev–Trinajstić information content (AvgIpc) is 2.91. The molecule has 11 heteroatoms. The number of nitrogens with zero attached hydrogens (tertiary/aromatic N) is 2. The number of benzene rings is 3. The number of nitrogens with one attached hydrogen (secondary N) is 1. The smallest absolute Gasteiger partial charge is 0.264 e. The van der Waals surface area contributed by atoms with Gasteiger partial charge in [0, 0.05) is 23.1 Å². The third-order valence-corrected chi connectivity index (χ3v) is 8.39. The lowest BCUT2D eigenvalue weighted by Crippen LogP contribution is -2.52. The molecule has 0 spiro atoms. The minimum absolute atomic E-state index is 0.0307. The van der Waals surface area contributed by atoms with Crippen LogP contribution in [0.15, 0.2) is 77.7 Å². The van der Waals surface area contributed by atoms with E-state index >= 15 is 0 Å². The molecule has 1 N–H and O–H groups in total. The van der Waals surface area contributed by atoms with Gasteiger partial charge in [-0.2, -0.15) is 0 Å². The highest BCUT2D eigenvalue weighted by molar-refractivity contribution is 7.92. The minimum atomic E-state index is -4.25. The zero-order valence-electron chi connectivity index (χ0n) is 22.5. The normalized spacial score (nSPS) is 12.2. The maximum absolute atomic E-state index is 14.0. The van der Waals surface area contributed by atoms with Crippen molar-refractivity contribution in [3.05, 3.63) is 94.2 Å². The molecule has 3 rings (SSSR count). The van der Waals surface area contributed by atoms with Crippen LogP contribution in [0.5, 0.6) is 0 Å². The first kappa shape index (κ1) is 31.4. The van der Waals surface area contributed by atoms with Crippen molar-refractivity contribution in [2.24, 2.45) is 5.92 Å². The summed E-state index contributed by atoms with van der Waals surface area (Å²) in [4.78, 5) is 28.4. The van der Waals surface area contributed by atoms with Gasteiger partial charge in [0.15, 0.2) is 0 Å². The summed E-state index contributed by atoms with van der Waals surface area (Å²) in [6, 6.07) is 16.4. The van der Waals surface area contributed by atoms with Crippen LogP contribution in [0.3, 0.4) is 0 Å². The predicted molar refractivity (Wildman–Crippen MR) is 156 cm³/mol. The molecule has 2 amide bonds. The maximum Gasteiger partial charge on any atom is 0.264 e. The summed E-state index contributed by atoms with van der Waals surface area (Å²) in [7, 11) is -4.25. The molecule has 0 unspecified atom stereocenters. The van der Waals surface area contributed by atoms with Crippen molar-refractivity contribution in [2.45, 2.75) is 44.7 Å². The zero-order valence-corrected chi connectivity index (χ0v) is 24.8. The van der Waals surface area contributed by atoms with Crippen molar-refractivity contribution >= 4 is 50.7 Å². The van der Waals surface area contributed by atoms with Crippen molar-refractivity contribution in [3.63, 3.8) is 0 Å². The second kappa shape index (κ2) is 14.0. The lowest BCUT2D eigenvalue weighted by Gasteiger charge is -2.33. The van der Waals surface area contributed by atoms with Crippen molar-refractivity contribution in [1.82, 2.24) is 10.2 Å². The number of hydrogen-bond acceptors (Lipinski definition) is 4. The number of hydrogen-bond donors (Lipinski definition) is 1. The second-order valence-corrected chi connectivity index (χ2v) is 12.4. The summed E-state index contributed by atoms with van der Waals surface area (Å²) in [5.74, 6) is -1.23. The lowest BCUT2D eigenvalue weighted by molar-refractivity contribution is -0.140. The van der Waals surface area contributed by atoms with Gasteiger partial charge in [0.2, 0.25) is 11.8 Å². The van der Waals surface area contributed by atoms with Gasteiger partial charge in [-0.3, -0.25) is 13.9 Å². The molecule has 0 fully saturated rings. The van der Waals surface area contributed by atoms with E-state index in [-0.39, 0.29) is 40.4 Å². The van der Waals surface area contributed by atoms with E-state index in [1.165, 1.54) is 65.6 Å². The van der Waals surface area contributed by atoms with Crippen LogP contribution >= 0.6 is 23.2 Å². The Bertz CT molecular complexity index is 1420. The van der Waals surface area contributed by atoms with Crippen LogP contribution in [0.25, 0.3) is 0 Å². The first-order chi connectivity index (χ1) is 18.9. The highest BCUT2D eigenvalue weighted by atomic mass is 35.5. The van der Waals surface area contributed by atoms with Gasteiger partial charge in [-0.1, -0.05) is 62.2 Å². The van der Waals surface area contributed by atoms with Crippen LogP contribution in [0.1, 0.15) is 32.8 Å². The van der Waals surface area contributed by atoms with Gasteiger partial charge in [-0.15, -0.1) is 0 Å². The van der Waals surface area contributed by atoms with Crippen molar-refractivity contribution in [3.8, 4) is 0 Å². The van der Waals surface area contributed by atoms with Gasteiger partial charge in [0.1, 0.15) is 18.4 Å². The van der Waals surface area contributed by atoms with Gasteiger partial charge in [-0.05, 0) is 72.5 Å². The molecule has 0 saturated carbocycles. The first-order valence-corrected chi connectivity index (χ1v) is 15.0. The Morgan fingerprint density at radius 1 is 0.950 bits per heavy atom. The third-order valence-electron chi connectivity index (χ3n) is 6.11. The Balaban J connectivity index is 2.04. The van der Waals surface area contributed by atoms with E-state index in [1.807, 2.05) is 13.8 Å². The van der Waals surface area contributed by atoms with Crippen molar-refractivity contribution < 1.29 is 22.4 Å². The topological polar surface area (TPSA) is 86.8 Å². The number of halogens is 3. The Hall–Kier alpha value is -3.14. The fourth-order valence-electron chi connectivity index (χ4n) is 4.02. The largest absolute Gasteiger partial charge is 0.354 e. The molecule has 0 bridgehead atoms. The fourth-order valence-corrected chi connectivity index (χ4v) is 5.74. The second-order valence-electron chi connectivity index (χ2n) is 9.66. The Morgan fingerprint density at radius 3 is 2.17 bits per heavy atom.